The summed E-state index contributed by atoms with van der Waals surface area (Å²) < 4.78 is 36.9. The Morgan fingerprint density at radius 3 is 2.33 bits per heavy atom. The number of benzene rings is 2. The van der Waals surface area contributed by atoms with Crippen molar-refractivity contribution in [2.45, 2.75) is 26.2 Å². The predicted octanol–water partition coefficient (Wildman–Crippen LogP) is 3.18. The maximum Gasteiger partial charge on any atom is 0.344 e. The highest BCUT2D eigenvalue weighted by Crippen LogP contribution is 2.42. The van der Waals surface area contributed by atoms with Crippen LogP contribution in [-0.2, 0) is 15.4 Å². The normalized spacial score (nSPS) is 12.0. The summed E-state index contributed by atoms with van der Waals surface area (Å²) in [6, 6.07) is 9.65. The maximum atomic E-state index is 12.9. The fraction of sp³-hybridized carbons (Fsp3) is 0.240. The first-order valence-corrected chi connectivity index (χ1v) is 12.8. The molecular weight excluding hydrogens is 486 g/mol. The zero-order chi connectivity index (χ0) is 26.4. The van der Waals surface area contributed by atoms with E-state index in [1.54, 1.807) is 30.3 Å². The van der Waals surface area contributed by atoms with E-state index in [1.165, 1.54) is 19.4 Å². The summed E-state index contributed by atoms with van der Waals surface area (Å²) in [5, 5.41) is 0.711. The number of rotatable bonds is 5. The average Bonchev–Trinajstić information content (AvgIpc) is 2.77. The summed E-state index contributed by atoms with van der Waals surface area (Å²) >= 11 is 0. The van der Waals surface area contributed by atoms with Crippen LogP contribution in [-0.4, -0.2) is 31.8 Å². The molecule has 0 bridgehead atoms. The Hall–Kier alpha value is -4.12. The molecule has 2 aromatic heterocycles. The van der Waals surface area contributed by atoms with E-state index in [-0.39, 0.29) is 22.4 Å². The van der Waals surface area contributed by atoms with Crippen LogP contribution >= 0.6 is 0 Å². The van der Waals surface area contributed by atoms with Crippen molar-refractivity contribution in [3.05, 3.63) is 79.4 Å². The summed E-state index contributed by atoms with van der Waals surface area (Å²) in [6.07, 6.45) is 2.34. The monoisotopic (exact) mass is 511 g/mol. The molecule has 0 radical (unpaired) electrons. The molecule has 11 heteroatoms. The van der Waals surface area contributed by atoms with Crippen molar-refractivity contribution in [1.29, 1.82) is 0 Å². The number of ether oxygens (including phenoxy) is 1. The van der Waals surface area contributed by atoms with Crippen LogP contribution in [0.15, 0.2) is 61.4 Å². The second-order valence-corrected chi connectivity index (χ2v) is 11.2. The molecule has 0 amide bonds. The minimum atomic E-state index is -3.52. The topological polar surface area (TPSA) is 151 Å². The van der Waals surface area contributed by atoms with Gasteiger partial charge in [-0.1, -0.05) is 26.8 Å². The summed E-state index contributed by atoms with van der Waals surface area (Å²) in [6.45, 7) is 5.92. The number of nitrogens with one attached hydrogen (secondary N) is 3. The van der Waals surface area contributed by atoms with Crippen molar-refractivity contribution in [3.63, 3.8) is 0 Å². The largest absolute Gasteiger partial charge is 0.496 e. The Morgan fingerprint density at radius 1 is 1.00 bits per heavy atom. The van der Waals surface area contributed by atoms with E-state index in [2.05, 4.69) is 14.7 Å². The van der Waals surface area contributed by atoms with Crippen LogP contribution in [0.25, 0.3) is 33.2 Å². The maximum absolute atomic E-state index is 12.9. The molecule has 0 fully saturated rings. The smallest absolute Gasteiger partial charge is 0.344 e. The van der Waals surface area contributed by atoms with Crippen molar-refractivity contribution in [2.75, 3.05) is 18.1 Å². The molecule has 0 atom stereocenters. The predicted molar refractivity (Wildman–Crippen MR) is 138 cm³/mol. The molecule has 2 aromatic carbocycles. The van der Waals surface area contributed by atoms with Gasteiger partial charge in [0.05, 0.1) is 29.9 Å². The standard InChI is InChI=1S/C25H25N3O7S/c1-25(2,3)19-9-14(18-12-26-24(31)27-22(18)29)8-17(21(19)34-4)20-10-13-6-7-15(28-36(5,32)33)11-16(13)23(30)35-20/h6-12,28H,1-5H3,(H2,26,27,29,31). The van der Waals surface area contributed by atoms with Gasteiger partial charge in [-0.05, 0) is 46.7 Å². The molecule has 3 N–H and O–H groups in total. The molecular formula is C25H25N3O7S. The van der Waals surface area contributed by atoms with Gasteiger partial charge in [0.25, 0.3) is 5.56 Å². The number of aromatic nitrogens is 2. The van der Waals surface area contributed by atoms with E-state index < -0.39 is 32.3 Å². The molecule has 36 heavy (non-hydrogen) atoms. The van der Waals surface area contributed by atoms with E-state index in [4.69, 9.17) is 9.15 Å². The van der Waals surface area contributed by atoms with Crippen LogP contribution in [0.5, 0.6) is 5.75 Å². The lowest BCUT2D eigenvalue weighted by atomic mass is 9.83. The molecule has 0 saturated carbocycles. The number of sulfonamides is 1. The Balaban J connectivity index is 2.00. The Kier molecular flexibility index (Phi) is 6.13. The molecule has 0 aliphatic carbocycles. The summed E-state index contributed by atoms with van der Waals surface area (Å²) in [7, 11) is -2.02. The number of hydrogen-bond donors (Lipinski definition) is 3. The van der Waals surface area contributed by atoms with Gasteiger partial charge in [-0.3, -0.25) is 14.5 Å². The van der Waals surface area contributed by atoms with Gasteiger partial charge >= 0.3 is 11.3 Å². The Bertz CT molecular complexity index is 1770. The summed E-state index contributed by atoms with van der Waals surface area (Å²) in [4.78, 5) is 41.7. The van der Waals surface area contributed by atoms with Crippen molar-refractivity contribution < 1.29 is 17.6 Å². The highest BCUT2D eigenvalue weighted by molar-refractivity contribution is 7.92. The van der Waals surface area contributed by atoms with E-state index >= 15 is 0 Å². The molecule has 0 aliphatic heterocycles. The molecule has 4 aromatic rings. The molecule has 10 nitrogen and oxygen atoms in total. The van der Waals surface area contributed by atoms with Crippen molar-refractivity contribution in [1.82, 2.24) is 9.97 Å². The SMILES string of the molecule is COc1c(-c2cc3ccc(NS(C)(=O)=O)cc3c(=O)o2)cc(-c2c[nH]c(=O)[nH]c2=O)cc1C(C)(C)C. The second kappa shape index (κ2) is 8.83. The highest BCUT2D eigenvalue weighted by Gasteiger charge is 2.25. The summed E-state index contributed by atoms with van der Waals surface area (Å²) in [5.74, 6) is 0.659. The van der Waals surface area contributed by atoms with Crippen LogP contribution < -0.4 is 26.3 Å². The fourth-order valence-corrected chi connectivity index (χ4v) is 4.52. The first-order chi connectivity index (χ1) is 16.8. The van der Waals surface area contributed by atoms with Gasteiger partial charge in [-0.25, -0.2) is 18.0 Å². The molecule has 0 saturated heterocycles. The van der Waals surface area contributed by atoms with Gasteiger partial charge in [0.15, 0.2) is 0 Å². The molecule has 188 valence electrons. The van der Waals surface area contributed by atoms with Crippen LogP contribution in [0.3, 0.4) is 0 Å². The van der Waals surface area contributed by atoms with Gasteiger partial charge in [0.2, 0.25) is 10.0 Å². The molecule has 0 spiro atoms. The van der Waals surface area contributed by atoms with Gasteiger partial charge in [0, 0.05) is 17.4 Å². The van der Waals surface area contributed by atoms with Crippen LogP contribution in [0.2, 0.25) is 0 Å². The minimum Gasteiger partial charge on any atom is -0.496 e. The molecule has 2 heterocycles. The fourth-order valence-electron chi connectivity index (χ4n) is 3.96. The first-order valence-electron chi connectivity index (χ1n) is 10.9. The highest BCUT2D eigenvalue weighted by atomic mass is 32.2. The van der Waals surface area contributed by atoms with Crippen molar-refractivity contribution in [2.24, 2.45) is 0 Å². The molecule has 0 unspecified atom stereocenters. The lowest BCUT2D eigenvalue weighted by Gasteiger charge is -2.25. The second-order valence-electron chi connectivity index (χ2n) is 9.41. The molecule has 0 aliphatic rings. The number of anilines is 1. The van der Waals surface area contributed by atoms with Gasteiger partial charge in [0.1, 0.15) is 11.5 Å². The third-order valence-corrected chi connectivity index (χ3v) is 6.17. The lowest BCUT2D eigenvalue weighted by Crippen LogP contribution is -2.23. The van der Waals surface area contributed by atoms with Crippen LogP contribution in [0.4, 0.5) is 5.69 Å². The average molecular weight is 512 g/mol. The minimum absolute atomic E-state index is 0.190. The van der Waals surface area contributed by atoms with Gasteiger partial charge in [-0.15, -0.1) is 0 Å². The zero-order valence-electron chi connectivity index (χ0n) is 20.3. The number of H-pyrrole nitrogens is 2. The number of aromatic amines is 2. The Morgan fingerprint density at radius 2 is 1.72 bits per heavy atom. The lowest BCUT2D eigenvalue weighted by molar-refractivity contribution is 0.397. The van der Waals surface area contributed by atoms with Gasteiger partial charge in [-0.2, -0.15) is 0 Å². The van der Waals surface area contributed by atoms with Gasteiger partial charge < -0.3 is 14.1 Å². The number of hydrogen-bond acceptors (Lipinski definition) is 7. The van der Waals surface area contributed by atoms with E-state index in [9.17, 15) is 22.8 Å². The molecule has 4 rings (SSSR count). The summed E-state index contributed by atoms with van der Waals surface area (Å²) in [5.41, 5.74) is -0.162. The van der Waals surface area contributed by atoms with E-state index in [0.29, 0.717) is 22.3 Å². The van der Waals surface area contributed by atoms with Crippen LogP contribution in [0, 0.1) is 0 Å². The third-order valence-electron chi connectivity index (χ3n) is 5.56. The zero-order valence-corrected chi connectivity index (χ0v) is 21.1. The van der Waals surface area contributed by atoms with E-state index in [1.807, 2.05) is 20.8 Å². The number of methoxy groups -OCH3 is 1. The third kappa shape index (κ3) is 4.96. The van der Waals surface area contributed by atoms with E-state index in [0.717, 1.165) is 11.8 Å². The van der Waals surface area contributed by atoms with Crippen molar-refractivity contribution >= 4 is 26.5 Å². The number of fused-ring (bicyclic) bond motifs is 1. The van der Waals surface area contributed by atoms with Crippen molar-refractivity contribution in [3.8, 4) is 28.2 Å². The quantitative estimate of drug-likeness (QED) is 0.372. The first kappa shape index (κ1) is 25.0. The van der Waals surface area contributed by atoms with Crippen LogP contribution in [0.1, 0.15) is 26.3 Å². The Labute approximate surface area is 206 Å².